The van der Waals surface area contributed by atoms with Crippen LogP contribution < -0.4 is 20.7 Å². The summed E-state index contributed by atoms with van der Waals surface area (Å²) < 4.78 is 10.7. The summed E-state index contributed by atoms with van der Waals surface area (Å²) in [5.41, 5.74) is 2.44. The lowest BCUT2D eigenvalue weighted by atomic mass is 9.98. The molecule has 4 rings (SSSR count). The Bertz CT molecular complexity index is 1230. The van der Waals surface area contributed by atoms with Crippen LogP contribution in [-0.2, 0) is 22.6 Å². The summed E-state index contributed by atoms with van der Waals surface area (Å²) >= 11 is 0. The van der Waals surface area contributed by atoms with Crippen molar-refractivity contribution in [3.63, 3.8) is 0 Å². The molecule has 1 heterocycles. The van der Waals surface area contributed by atoms with Crippen LogP contribution in [0.4, 0.5) is 4.79 Å². The lowest BCUT2D eigenvalue weighted by Gasteiger charge is -2.25. The van der Waals surface area contributed by atoms with Crippen molar-refractivity contribution in [1.29, 1.82) is 0 Å². The van der Waals surface area contributed by atoms with Crippen molar-refractivity contribution in [2.24, 2.45) is 0 Å². The third-order valence-corrected chi connectivity index (χ3v) is 6.69. The molecule has 0 radical (unpaired) electrons. The SMILES string of the molecule is O=C(NCCC(O)C(Cc1ccc(OCc2ccccc2)cc1)NC(=O)c1ccccc1)OC(=O)[C@@H]1CCCN1. The van der Waals surface area contributed by atoms with E-state index in [-0.39, 0.29) is 18.9 Å². The molecule has 0 aliphatic carbocycles. The van der Waals surface area contributed by atoms with Gasteiger partial charge in [-0.3, -0.25) is 4.79 Å². The van der Waals surface area contributed by atoms with E-state index in [1.54, 1.807) is 24.3 Å². The molecule has 1 fully saturated rings. The molecule has 3 atom stereocenters. The van der Waals surface area contributed by atoms with Gasteiger partial charge in [0.2, 0.25) is 0 Å². The lowest BCUT2D eigenvalue weighted by Crippen LogP contribution is -2.46. The molecule has 1 aliphatic heterocycles. The van der Waals surface area contributed by atoms with Gasteiger partial charge in [0, 0.05) is 12.1 Å². The van der Waals surface area contributed by atoms with Gasteiger partial charge in [-0.25, -0.2) is 9.59 Å². The summed E-state index contributed by atoms with van der Waals surface area (Å²) in [6.45, 7) is 1.23. The minimum Gasteiger partial charge on any atom is -0.489 e. The molecule has 0 saturated carbocycles. The first kappa shape index (κ1) is 28.8. The van der Waals surface area contributed by atoms with Crippen LogP contribution >= 0.6 is 0 Å². The standard InChI is InChI=1S/C31H35N3O6/c35-28(17-19-33-31(38)40-30(37)26-12-7-18-32-26)27(34-29(36)24-10-5-2-6-11-24)20-22-13-15-25(16-14-22)39-21-23-8-3-1-4-9-23/h1-6,8-11,13-16,26-28,32,35H,7,12,17-21H2,(H,33,38)(H,34,36)/t26-,27?,28?/m0/s1. The highest BCUT2D eigenvalue weighted by molar-refractivity contribution is 5.94. The van der Waals surface area contributed by atoms with Crippen molar-refractivity contribution in [2.75, 3.05) is 13.1 Å². The molecule has 3 aromatic rings. The van der Waals surface area contributed by atoms with E-state index in [1.165, 1.54) is 0 Å². The zero-order valence-corrected chi connectivity index (χ0v) is 22.3. The summed E-state index contributed by atoms with van der Waals surface area (Å²) in [6, 6.07) is 25.0. The van der Waals surface area contributed by atoms with E-state index in [0.717, 1.165) is 17.5 Å². The molecular formula is C31H35N3O6. The molecule has 1 aliphatic rings. The van der Waals surface area contributed by atoms with E-state index in [2.05, 4.69) is 16.0 Å². The molecular weight excluding hydrogens is 510 g/mol. The zero-order valence-electron chi connectivity index (χ0n) is 22.3. The van der Waals surface area contributed by atoms with E-state index < -0.39 is 30.3 Å². The first-order valence-electron chi connectivity index (χ1n) is 13.5. The zero-order chi connectivity index (χ0) is 28.2. The predicted molar refractivity (Wildman–Crippen MR) is 150 cm³/mol. The van der Waals surface area contributed by atoms with E-state index in [9.17, 15) is 19.5 Å². The number of nitrogens with one attached hydrogen (secondary N) is 3. The maximum atomic E-state index is 12.9. The Hall–Kier alpha value is -4.21. The van der Waals surface area contributed by atoms with Gasteiger partial charge in [-0.05, 0) is 67.6 Å². The molecule has 4 N–H and O–H groups in total. The Morgan fingerprint density at radius 1 is 0.925 bits per heavy atom. The largest absolute Gasteiger partial charge is 0.489 e. The second kappa shape index (κ2) is 14.8. The maximum absolute atomic E-state index is 12.9. The summed E-state index contributed by atoms with van der Waals surface area (Å²) in [5, 5.41) is 19.4. The number of hydrogen-bond donors (Lipinski definition) is 4. The smallest absolute Gasteiger partial charge is 0.414 e. The molecule has 1 saturated heterocycles. The van der Waals surface area contributed by atoms with Gasteiger partial charge in [0.1, 0.15) is 18.4 Å². The number of hydrogen-bond acceptors (Lipinski definition) is 7. The number of aliphatic hydroxyl groups excluding tert-OH is 1. The van der Waals surface area contributed by atoms with E-state index >= 15 is 0 Å². The summed E-state index contributed by atoms with van der Waals surface area (Å²) in [6.07, 6.45) is 0.148. The number of benzene rings is 3. The predicted octanol–water partition coefficient (Wildman–Crippen LogP) is 3.36. The van der Waals surface area contributed by atoms with Crippen molar-refractivity contribution in [3.8, 4) is 5.75 Å². The van der Waals surface area contributed by atoms with Crippen LogP contribution in [0.3, 0.4) is 0 Å². The molecule has 0 spiro atoms. The fourth-order valence-corrected chi connectivity index (χ4v) is 4.45. The fraction of sp³-hybridized carbons (Fsp3) is 0.323. The molecule has 3 aromatic carbocycles. The van der Waals surface area contributed by atoms with Gasteiger partial charge >= 0.3 is 12.1 Å². The molecule has 9 heteroatoms. The minimum absolute atomic E-state index is 0.0648. The minimum atomic E-state index is -0.978. The Balaban J connectivity index is 1.32. The summed E-state index contributed by atoms with van der Waals surface area (Å²) in [4.78, 5) is 36.9. The fourth-order valence-electron chi connectivity index (χ4n) is 4.45. The van der Waals surface area contributed by atoms with E-state index in [1.807, 2.05) is 60.7 Å². The number of ether oxygens (including phenoxy) is 2. The maximum Gasteiger partial charge on any atom is 0.414 e. The molecule has 40 heavy (non-hydrogen) atoms. The van der Waals surface area contributed by atoms with Gasteiger partial charge in [-0.15, -0.1) is 0 Å². The third-order valence-electron chi connectivity index (χ3n) is 6.69. The molecule has 2 amide bonds. The van der Waals surface area contributed by atoms with Crippen LogP contribution in [0.1, 0.15) is 40.7 Å². The third kappa shape index (κ3) is 8.93. The lowest BCUT2D eigenvalue weighted by molar-refractivity contribution is -0.139. The number of carbonyl (C=O) groups is 3. The van der Waals surface area contributed by atoms with Crippen molar-refractivity contribution in [1.82, 2.24) is 16.0 Å². The Morgan fingerprint density at radius 2 is 1.62 bits per heavy atom. The highest BCUT2D eigenvalue weighted by atomic mass is 16.6. The van der Waals surface area contributed by atoms with Crippen LogP contribution in [0.15, 0.2) is 84.9 Å². The van der Waals surface area contributed by atoms with E-state index in [0.29, 0.717) is 37.3 Å². The molecule has 210 valence electrons. The van der Waals surface area contributed by atoms with Crippen LogP contribution in [0, 0.1) is 0 Å². The van der Waals surface area contributed by atoms with Crippen LogP contribution in [0.2, 0.25) is 0 Å². The number of esters is 1. The molecule has 9 nitrogen and oxygen atoms in total. The average molecular weight is 546 g/mol. The summed E-state index contributed by atoms with van der Waals surface area (Å²) in [5.74, 6) is -0.211. The van der Waals surface area contributed by atoms with Gasteiger partial charge < -0.3 is 30.5 Å². The number of rotatable bonds is 12. The Kier molecular flexibility index (Phi) is 10.7. The summed E-state index contributed by atoms with van der Waals surface area (Å²) in [7, 11) is 0. The first-order valence-corrected chi connectivity index (χ1v) is 13.5. The van der Waals surface area contributed by atoms with Gasteiger partial charge in [-0.1, -0.05) is 60.7 Å². The number of aliphatic hydroxyl groups is 1. The monoisotopic (exact) mass is 545 g/mol. The highest BCUT2D eigenvalue weighted by Crippen LogP contribution is 2.17. The van der Waals surface area contributed by atoms with Crippen molar-refractivity contribution < 1.29 is 29.0 Å². The van der Waals surface area contributed by atoms with Gasteiger partial charge in [0.15, 0.2) is 0 Å². The Labute approximate surface area is 233 Å². The van der Waals surface area contributed by atoms with Crippen LogP contribution in [-0.4, -0.2) is 54.4 Å². The van der Waals surface area contributed by atoms with E-state index in [4.69, 9.17) is 9.47 Å². The quantitative estimate of drug-likeness (QED) is 0.203. The van der Waals surface area contributed by atoms with Gasteiger partial charge in [-0.2, -0.15) is 0 Å². The van der Waals surface area contributed by atoms with Gasteiger partial charge in [0.25, 0.3) is 5.91 Å². The second-order valence-corrected chi connectivity index (χ2v) is 9.71. The number of alkyl carbamates (subject to hydrolysis) is 1. The van der Waals surface area contributed by atoms with Crippen molar-refractivity contribution in [2.45, 2.75) is 50.5 Å². The van der Waals surface area contributed by atoms with Crippen molar-refractivity contribution in [3.05, 3.63) is 102 Å². The molecule has 0 aromatic heterocycles. The van der Waals surface area contributed by atoms with Crippen molar-refractivity contribution >= 4 is 18.0 Å². The normalized spacial score (nSPS) is 16.0. The highest BCUT2D eigenvalue weighted by Gasteiger charge is 2.26. The number of carbonyl (C=O) groups excluding carboxylic acids is 3. The topological polar surface area (TPSA) is 126 Å². The number of amides is 2. The molecule has 2 unspecified atom stereocenters. The Morgan fingerprint density at radius 3 is 2.30 bits per heavy atom. The average Bonchev–Trinajstić information content (AvgIpc) is 3.53. The van der Waals surface area contributed by atoms with Gasteiger partial charge in [0.05, 0.1) is 12.1 Å². The molecule has 0 bridgehead atoms. The van der Waals surface area contributed by atoms with Crippen LogP contribution in [0.25, 0.3) is 0 Å². The second-order valence-electron chi connectivity index (χ2n) is 9.71. The van der Waals surface area contributed by atoms with Crippen LogP contribution in [0.5, 0.6) is 5.75 Å². The first-order chi connectivity index (χ1) is 19.5.